The zero-order chi connectivity index (χ0) is 12.4. The Bertz CT molecular complexity index is 417. The van der Waals surface area contributed by atoms with Gasteiger partial charge in [-0.1, -0.05) is 6.07 Å². The largest absolute Gasteiger partial charge is 0.382 e. The van der Waals surface area contributed by atoms with Crippen LogP contribution in [0.1, 0.15) is 12.6 Å². The van der Waals surface area contributed by atoms with Crippen molar-refractivity contribution < 1.29 is 0 Å². The van der Waals surface area contributed by atoms with Gasteiger partial charge in [-0.2, -0.15) is 0 Å². The van der Waals surface area contributed by atoms with E-state index < -0.39 is 0 Å². The number of rotatable bonds is 2. The van der Waals surface area contributed by atoms with Crippen molar-refractivity contribution in [2.75, 3.05) is 31.6 Å². The molecule has 5 heteroatoms. The summed E-state index contributed by atoms with van der Waals surface area (Å²) < 4.78 is 0. The van der Waals surface area contributed by atoms with Gasteiger partial charge < -0.3 is 15.5 Å². The van der Waals surface area contributed by atoms with Gasteiger partial charge >= 0.3 is 0 Å². The highest BCUT2D eigenvalue weighted by atomic mass is 15.3. The van der Waals surface area contributed by atoms with Crippen molar-refractivity contribution in [3.8, 4) is 0 Å². The second-order valence-corrected chi connectivity index (χ2v) is 4.57. The molecule has 0 spiro atoms. The number of piperazine rings is 1. The molecule has 92 valence electrons. The third-order valence-electron chi connectivity index (χ3n) is 3.29. The molecule has 1 aromatic rings. The molecule has 2 heterocycles. The topological polar surface area (TPSA) is 69.2 Å². The van der Waals surface area contributed by atoms with E-state index in [4.69, 9.17) is 11.1 Å². The summed E-state index contributed by atoms with van der Waals surface area (Å²) in [6, 6.07) is 6.17. The number of nitrogens with two attached hydrogens (primary N) is 1. The molecule has 1 saturated heterocycles. The van der Waals surface area contributed by atoms with Gasteiger partial charge in [0.05, 0.1) is 0 Å². The van der Waals surface area contributed by atoms with Gasteiger partial charge in [-0.25, -0.2) is 4.98 Å². The molecule has 2 rings (SSSR count). The van der Waals surface area contributed by atoms with E-state index in [2.05, 4.69) is 28.8 Å². The Morgan fingerprint density at radius 1 is 1.47 bits per heavy atom. The van der Waals surface area contributed by atoms with Crippen LogP contribution in [0.3, 0.4) is 0 Å². The molecular weight excluding hydrogens is 214 g/mol. The molecule has 5 nitrogen and oxygen atoms in total. The van der Waals surface area contributed by atoms with Crippen LogP contribution in [0.15, 0.2) is 18.2 Å². The summed E-state index contributed by atoms with van der Waals surface area (Å²) >= 11 is 0. The zero-order valence-corrected chi connectivity index (χ0v) is 10.3. The van der Waals surface area contributed by atoms with Crippen LogP contribution < -0.4 is 10.6 Å². The minimum Gasteiger partial charge on any atom is -0.382 e. The third-order valence-corrected chi connectivity index (χ3v) is 3.29. The molecule has 1 unspecified atom stereocenters. The van der Waals surface area contributed by atoms with Gasteiger partial charge in [-0.15, -0.1) is 0 Å². The van der Waals surface area contributed by atoms with E-state index in [1.165, 1.54) is 0 Å². The van der Waals surface area contributed by atoms with E-state index in [1.807, 2.05) is 12.1 Å². The van der Waals surface area contributed by atoms with E-state index in [1.54, 1.807) is 6.07 Å². The third kappa shape index (κ3) is 2.55. The van der Waals surface area contributed by atoms with E-state index in [9.17, 15) is 0 Å². The highest BCUT2D eigenvalue weighted by Crippen LogP contribution is 2.16. The van der Waals surface area contributed by atoms with E-state index in [-0.39, 0.29) is 5.84 Å². The molecule has 0 saturated carbocycles. The van der Waals surface area contributed by atoms with Crippen LogP contribution in [-0.4, -0.2) is 48.4 Å². The van der Waals surface area contributed by atoms with Gasteiger partial charge in [0, 0.05) is 25.7 Å². The lowest BCUT2D eigenvalue weighted by Crippen LogP contribution is -2.50. The number of hydrogen-bond acceptors (Lipinski definition) is 4. The first-order valence-electron chi connectivity index (χ1n) is 5.84. The van der Waals surface area contributed by atoms with E-state index >= 15 is 0 Å². The molecule has 17 heavy (non-hydrogen) atoms. The Kier molecular flexibility index (Phi) is 3.28. The van der Waals surface area contributed by atoms with Gasteiger partial charge in [-0.05, 0) is 26.1 Å². The number of aromatic nitrogens is 1. The predicted octanol–water partition coefficient (Wildman–Crippen LogP) is 0.506. The number of likely N-dealkylation sites (N-methyl/N-ethyl adjacent to an activating group) is 1. The fourth-order valence-corrected chi connectivity index (χ4v) is 2.01. The lowest BCUT2D eigenvalue weighted by Gasteiger charge is -2.38. The van der Waals surface area contributed by atoms with Crippen molar-refractivity contribution in [3.63, 3.8) is 0 Å². The fourth-order valence-electron chi connectivity index (χ4n) is 2.01. The summed E-state index contributed by atoms with van der Waals surface area (Å²) in [5.41, 5.74) is 6.01. The summed E-state index contributed by atoms with van der Waals surface area (Å²) in [6.45, 7) is 5.17. The number of nitrogen functional groups attached to an aromatic ring is 1. The van der Waals surface area contributed by atoms with Crippen LogP contribution in [0.4, 0.5) is 5.82 Å². The molecule has 0 amide bonds. The second-order valence-electron chi connectivity index (χ2n) is 4.57. The molecule has 1 aromatic heterocycles. The standard InChI is InChI=1S/C12H19N5/c1-9-8-17(7-6-16(9)2)11-5-3-4-10(15-11)12(13)14/h3-5,9H,6-8H2,1-2H3,(H3,13,14). The first-order chi connectivity index (χ1) is 8.08. The zero-order valence-electron chi connectivity index (χ0n) is 10.3. The molecule has 1 aliphatic rings. The lowest BCUT2D eigenvalue weighted by molar-refractivity contribution is 0.233. The van der Waals surface area contributed by atoms with E-state index in [0.29, 0.717) is 11.7 Å². The maximum atomic E-state index is 7.41. The number of anilines is 1. The minimum absolute atomic E-state index is 0.0222. The van der Waals surface area contributed by atoms with Crippen LogP contribution in [0.25, 0.3) is 0 Å². The number of amidine groups is 1. The molecule has 0 aromatic carbocycles. The van der Waals surface area contributed by atoms with E-state index in [0.717, 1.165) is 25.5 Å². The molecule has 0 radical (unpaired) electrons. The van der Waals surface area contributed by atoms with Crippen LogP contribution in [0.5, 0.6) is 0 Å². The molecular formula is C12H19N5. The summed E-state index contributed by atoms with van der Waals surface area (Å²) in [6.07, 6.45) is 0. The minimum atomic E-state index is 0.0222. The monoisotopic (exact) mass is 233 g/mol. The Labute approximate surface area is 102 Å². The van der Waals surface area contributed by atoms with Crippen LogP contribution in [-0.2, 0) is 0 Å². The maximum absolute atomic E-state index is 7.41. The van der Waals surface area contributed by atoms with Crippen molar-refractivity contribution in [1.29, 1.82) is 5.41 Å². The molecule has 1 atom stereocenters. The number of nitrogens with one attached hydrogen (secondary N) is 1. The Hall–Kier alpha value is -1.62. The fraction of sp³-hybridized carbons (Fsp3) is 0.500. The summed E-state index contributed by atoms with van der Waals surface area (Å²) in [4.78, 5) is 9.00. The highest BCUT2D eigenvalue weighted by Gasteiger charge is 2.21. The maximum Gasteiger partial charge on any atom is 0.141 e. The number of nitrogens with zero attached hydrogens (tertiary/aromatic N) is 3. The summed E-state index contributed by atoms with van der Waals surface area (Å²) in [5, 5.41) is 7.41. The Morgan fingerprint density at radius 3 is 2.88 bits per heavy atom. The first kappa shape index (κ1) is 11.9. The van der Waals surface area contributed by atoms with Gasteiger partial charge in [0.2, 0.25) is 0 Å². The second kappa shape index (κ2) is 4.71. The van der Waals surface area contributed by atoms with Crippen LogP contribution in [0.2, 0.25) is 0 Å². The quantitative estimate of drug-likeness (QED) is 0.577. The van der Waals surface area contributed by atoms with Crippen molar-refractivity contribution in [2.24, 2.45) is 5.73 Å². The van der Waals surface area contributed by atoms with Gasteiger partial charge in [0.1, 0.15) is 17.3 Å². The number of hydrogen-bond donors (Lipinski definition) is 2. The van der Waals surface area contributed by atoms with Crippen molar-refractivity contribution in [1.82, 2.24) is 9.88 Å². The van der Waals surface area contributed by atoms with Crippen LogP contribution >= 0.6 is 0 Å². The SMILES string of the molecule is CC1CN(c2cccc(C(=N)N)n2)CCN1C. The molecule has 0 aliphatic carbocycles. The van der Waals surface area contributed by atoms with Crippen molar-refractivity contribution in [3.05, 3.63) is 23.9 Å². The smallest absolute Gasteiger partial charge is 0.141 e. The molecule has 1 aliphatic heterocycles. The van der Waals surface area contributed by atoms with Crippen molar-refractivity contribution in [2.45, 2.75) is 13.0 Å². The highest BCUT2D eigenvalue weighted by molar-refractivity contribution is 5.93. The van der Waals surface area contributed by atoms with Gasteiger partial charge in [0.15, 0.2) is 0 Å². The van der Waals surface area contributed by atoms with Gasteiger partial charge in [-0.3, -0.25) is 5.41 Å². The van der Waals surface area contributed by atoms with Crippen LogP contribution in [0, 0.1) is 5.41 Å². The molecule has 0 bridgehead atoms. The summed E-state index contributed by atoms with van der Waals surface area (Å²) in [7, 11) is 2.14. The van der Waals surface area contributed by atoms with Gasteiger partial charge in [0.25, 0.3) is 0 Å². The predicted molar refractivity (Wildman–Crippen MR) is 69.6 cm³/mol. The average Bonchev–Trinajstić information content (AvgIpc) is 2.33. The first-order valence-corrected chi connectivity index (χ1v) is 5.84. The molecule has 3 N–H and O–H groups in total. The lowest BCUT2D eigenvalue weighted by atomic mass is 10.2. The summed E-state index contributed by atoms with van der Waals surface area (Å²) in [5.74, 6) is 0.937. The Morgan fingerprint density at radius 2 is 2.24 bits per heavy atom. The molecule has 1 fully saturated rings. The average molecular weight is 233 g/mol. The Balaban J connectivity index is 2.17. The number of pyridine rings is 1. The van der Waals surface area contributed by atoms with Crippen molar-refractivity contribution >= 4 is 11.7 Å². The normalized spacial score (nSPS) is 21.5.